The average molecular weight is 402 g/mol. The molecule has 1 aliphatic heterocycles. The molecule has 2 heterocycles. The van der Waals surface area contributed by atoms with Crippen molar-refractivity contribution in [1.29, 1.82) is 5.26 Å². The number of aromatic amines is 1. The van der Waals surface area contributed by atoms with E-state index in [1.165, 1.54) is 0 Å². The highest BCUT2D eigenvalue weighted by atomic mass is 16.5. The zero-order valence-electron chi connectivity index (χ0n) is 17.0. The topological polar surface area (TPSA) is 106 Å². The fourth-order valence-corrected chi connectivity index (χ4v) is 3.61. The fourth-order valence-electron chi connectivity index (χ4n) is 3.61. The molecule has 152 valence electrons. The van der Waals surface area contributed by atoms with Crippen LogP contribution in [0.5, 0.6) is 17.4 Å². The third-order valence-corrected chi connectivity index (χ3v) is 4.91. The lowest BCUT2D eigenvalue weighted by molar-refractivity contribution is 0.239. The van der Waals surface area contributed by atoms with Gasteiger partial charge in [-0.25, -0.2) is 0 Å². The summed E-state index contributed by atoms with van der Waals surface area (Å²) in [6.45, 7) is 3.92. The maximum absolute atomic E-state index is 9.90. The van der Waals surface area contributed by atoms with Crippen molar-refractivity contribution in [2.24, 2.45) is 5.73 Å². The summed E-state index contributed by atoms with van der Waals surface area (Å²) < 4.78 is 17.0. The molecule has 0 saturated carbocycles. The van der Waals surface area contributed by atoms with Gasteiger partial charge in [0.05, 0.1) is 30.4 Å². The summed E-state index contributed by atoms with van der Waals surface area (Å²) in [5.41, 5.74) is 9.61. The molecule has 1 unspecified atom stereocenters. The van der Waals surface area contributed by atoms with Crippen molar-refractivity contribution in [1.82, 2.24) is 10.2 Å². The summed E-state index contributed by atoms with van der Waals surface area (Å²) in [7, 11) is 1.62. The monoisotopic (exact) mass is 402 g/mol. The van der Waals surface area contributed by atoms with Crippen molar-refractivity contribution in [2.45, 2.75) is 25.9 Å². The zero-order chi connectivity index (χ0) is 21.3. The number of H-pyrrole nitrogens is 1. The number of aromatic nitrogens is 2. The number of ether oxygens (including phenoxy) is 3. The Morgan fingerprint density at radius 3 is 2.57 bits per heavy atom. The smallest absolute Gasteiger partial charge is 0.244 e. The summed E-state index contributed by atoms with van der Waals surface area (Å²) in [6.07, 6.45) is -0.0252. The number of allylic oxidation sites excluding steroid dienone is 1. The zero-order valence-corrected chi connectivity index (χ0v) is 17.0. The van der Waals surface area contributed by atoms with Gasteiger partial charge in [0.2, 0.25) is 11.8 Å². The molecule has 30 heavy (non-hydrogen) atoms. The van der Waals surface area contributed by atoms with Crippen molar-refractivity contribution >= 4 is 0 Å². The predicted molar refractivity (Wildman–Crippen MR) is 112 cm³/mol. The first-order valence-electron chi connectivity index (χ1n) is 9.59. The molecule has 0 saturated heterocycles. The minimum Gasteiger partial charge on any atom is -0.497 e. The van der Waals surface area contributed by atoms with Gasteiger partial charge in [0, 0.05) is 11.1 Å². The van der Waals surface area contributed by atoms with E-state index >= 15 is 0 Å². The molecule has 1 aromatic heterocycles. The third kappa shape index (κ3) is 3.33. The Morgan fingerprint density at radius 1 is 1.17 bits per heavy atom. The Bertz CT molecular complexity index is 1140. The molecule has 7 nitrogen and oxygen atoms in total. The molecule has 0 spiro atoms. The number of hydrogen-bond acceptors (Lipinski definition) is 6. The summed E-state index contributed by atoms with van der Waals surface area (Å²) in [5.74, 6) is 1.35. The molecule has 0 amide bonds. The molecular weight excluding hydrogens is 380 g/mol. The van der Waals surface area contributed by atoms with Gasteiger partial charge in [0.15, 0.2) is 0 Å². The van der Waals surface area contributed by atoms with E-state index in [1.54, 1.807) is 7.11 Å². The first-order valence-corrected chi connectivity index (χ1v) is 9.59. The van der Waals surface area contributed by atoms with E-state index in [-0.39, 0.29) is 12.0 Å². The molecule has 2 aromatic carbocycles. The Hall–Kier alpha value is -3.92. The molecule has 0 aliphatic carbocycles. The average Bonchev–Trinajstić information content (AvgIpc) is 3.16. The molecule has 0 fully saturated rings. The summed E-state index contributed by atoms with van der Waals surface area (Å²) in [5, 5.41) is 17.3. The van der Waals surface area contributed by atoms with Crippen LogP contribution >= 0.6 is 0 Å². The number of nitrogens with one attached hydrogen (secondary N) is 1. The van der Waals surface area contributed by atoms with Crippen molar-refractivity contribution < 1.29 is 14.2 Å². The number of nitrogens with zero attached hydrogens (tertiary/aromatic N) is 2. The number of rotatable bonds is 5. The Morgan fingerprint density at radius 2 is 1.90 bits per heavy atom. The first-order chi connectivity index (χ1) is 14.5. The normalized spacial score (nSPS) is 15.4. The van der Waals surface area contributed by atoms with Gasteiger partial charge in [-0.3, -0.25) is 5.10 Å². The molecule has 0 bridgehead atoms. The van der Waals surface area contributed by atoms with Crippen LogP contribution in [0.3, 0.4) is 0 Å². The standard InChI is InChI=1S/C23H22N4O3/c1-13(2)29-18-7-5-4-6-16(18)19-17(12-24)22(25)30-23-20(19)21(26-27-23)14-8-10-15(28-3)11-9-14/h4-11,13,19H,25H2,1-3H3,(H,26,27). The van der Waals surface area contributed by atoms with Gasteiger partial charge >= 0.3 is 0 Å². The highest BCUT2D eigenvalue weighted by Gasteiger charge is 2.37. The highest BCUT2D eigenvalue weighted by Crippen LogP contribution is 2.48. The van der Waals surface area contributed by atoms with Crippen LogP contribution in [-0.2, 0) is 0 Å². The van der Waals surface area contributed by atoms with Gasteiger partial charge in [0.25, 0.3) is 0 Å². The Kier molecular flexibility index (Phi) is 5.07. The Labute approximate surface area is 174 Å². The quantitative estimate of drug-likeness (QED) is 0.666. The molecular formula is C23H22N4O3. The number of hydrogen-bond donors (Lipinski definition) is 2. The van der Waals surface area contributed by atoms with E-state index < -0.39 is 5.92 Å². The van der Waals surface area contributed by atoms with Gasteiger partial charge < -0.3 is 19.9 Å². The van der Waals surface area contributed by atoms with Gasteiger partial charge in [-0.1, -0.05) is 18.2 Å². The molecule has 3 aromatic rings. The summed E-state index contributed by atoms with van der Waals surface area (Å²) in [4.78, 5) is 0. The lowest BCUT2D eigenvalue weighted by Crippen LogP contribution is -2.21. The predicted octanol–water partition coefficient (Wildman–Crippen LogP) is 4.09. The van der Waals surface area contributed by atoms with Crippen molar-refractivity contribution in [3.63, 3.8) is 0 Å². The number of fused-ring (bicyclic) bond motifs is 1. The minimum absolute atomic E-state index is 0.0252. The van der Waals surface area contributed by atoms with Crippen LogP contribution in [0.25, 0.3) is 11.3 Å². The maximum atomic E-state index is 9.90. The van der Waals surface area contributed by atoms with Crippen LogP contribution in [-0.4, -0.2) is 23.4 Å². The third-order valence-electron chi connectivity index (χ3n) is 4.91. The number of benzene rings is 2. The molecule has 1 atom stereocenters. The number of para-hydroxylation sites is 1. The van der Waals surface area contributed by atoms with E-state index in [4.69, 9.17) is 19.9 Å². The molecule has 0 radical (unpaired) electrons. The van der Waals surface area contributed by atoms with E-state index in [1.807, 2.05) is 62.4 Å². The second kappa shape index (κ2) is 7.84. The first kappa shape index (κ1) is 19.4. The van der Waals surface area contributed by atoms with Crippen molar-refractivity contribution in [3.05, 3.63) is 71.1 Å². The van der Waals surface area contributed by atoms with Crippen LogP contribution in [0.2, 0.25) is 0 Å². The van der Waals surface area contributed by atoms with Gasteiger partial charge in [-0.2, -0.15) is 5.26 Å². The van der Waals surface area contributed by atoms with E-state index in [0.717, 1.165) is 28.1 Å². The van der Waals surface area contributed by atoms with Gasteiger partial charge in [0.1, 0.15) is 23.1 Å². The number of nitriles is 1. The van der Waals surface area contributed by atoms with Crippen LogP contribution in [0.15, 0.2) is 60.0 Å². The Balaban J connectivity index is 1.92. The largest absolute Gasteiger partial charge is 0.497 e. The second-order valence-corrected chi connectivity index (χ2v) is 7.18. The second-order valence-electron chi connectivity index (χ2n) is 7.18. The maximum Gasteiger partial charge on any atom is 0.244 e. The lowest BCUT2D eigenvalue weighted by atomic mass is 9.82. The van der Waals surface area contributed by atoms with E-state index in [0.29, 0.717) is 17.2 Å². The van der Waals surface area contributed by atoms with Crippen LogP contribution in [0.4, 0.5) is 0 Å². The number of nitrogens with two attached hydrogens (primary N) is 1. The van der Waals surface area contributed by atoms with Crippen molar-refractivity contribution in [3.8, 4) is 34.7 Å². The molecule has 3 N–H and O–H groups in total. The lowest BCUT2D eigenvalue weighted by Gasteiger charge is -2.26. The summed E-state index contributed by atoms with van der Waals surface area (Å²) in [6, 6.07) is 17.5. The van der Waals surface area contributed by atoms with Crippen molar-refractivity contribution in [2.75, 3.05) is 7.11 Å². The van der Waals surface area contributed by atoms with Gasteiger partial charge in [-0.15, -0.1) is 5.10 Å². The molecule has 7 heteroatoms. The van der Waals surface area contributed by atoms with E-state index in [9.17, 15) is 5.26 Å². The fraction of sp³-hybridized carbons (Fsp3) is 0.217. The van der Waals surface area contributed by atoms with Crippen LogP contribution in [0, 0.1) is 11.3 Å². The number of methoxy groups -OCH3 is 1. The van der Waals surface area contributed by atoms with E-state index in [2.05, 4.69) is 16.3 Å². The molecule has 4 rings (SSSR count). The van der Waals surface area contributed by atoms with Crippen LogP contribution in [0.1, 0.15) is 30.9 Å². The van der Waals surface area contributed by atoms with Gasteiger partial charge in [-0.05, 0) is 44.2 Å². The highest BCUT2D eigenvalue weighted by molar-refractivity contribution is 5.72. The summed E-state index contributed by atoms with van der Waals surface area (Å²) >= 11 is 0. The van der Waals surface area contributed by atoms with Crippen LogP contribution < -0.4 is 19.9 Å². The minimum atomic E-state index is -0.482. The SMILES string of the molecule is COc1ccc(-c2[nH]nc3c2C(c2ccccc2OC(C)C)C(C#N)=C(N)O3)cc1. The molecule has 1 aliphatic rings.